The Balaban J connectivity index is 1.75. The van der Waals surface area contributed by atoms with Gasteiger partial charge in [-0.3, -0.25) is 20.2 Å². The van der Waals surface area contributed by atoms with Crippen molar-refractivity contribution in [1.29, 1.82) is 0 Å². The van der Waals surface area contributed by atoms with Crippen LogP contribution in [-0.4, -0.2) is 16.9 Å². The number of hydrogen-bond acceptors (Lipinski definition) is 4. The molecule has 3 aromatic rings. The standard InChI is InChI=1S/C24H20N2O3S/c1-14-7-8-16(11-15(14)2)13-29-21-10-9-17-5-3-4-6-18(17)19(21)12-20-22(27)25-24(30)26-23(20)28/h3-12H,13H2,1-2H3,(H2,25,26,27,28,30). The van der Waals surface area contributed by atoms with Crippen molar-refractivity contribution in [3.05, 3.63) is 82.4 Å². The fourth-order valence-corrected chi connectivity index (χ4v) is 3.54. The molecule has 0 radical (unpaired) electrons. The maximum Gasteiger partial charge on any atom is 0.263 e. The van der Waals surface area contributed by atoms with Crippen LogP contribution in [0.2, 0.25) is 0 Å². The van der Waals surface area contributed by atoms with Crippen LogP contribution in [-0.2, 0) is 16.2 Å². The van der Waals surface area contributed by atoms with E-state index in [1.807, 2.05) is 42.5 Å². The summed E-state index contributed by atoms with van der Waals surface area (Å²) in [5, 5.41) is 6.81. The molecule has 0 saturated carbocycles. The van der Waals surface area contributed by atoms with Gasteiger partial charge in [0.1, 0.15) is 17.9 Å². The zero-order valence-electron chi connectivity index (χ0n) is 16.6. The first kappa shape index (κ1) is 19.8. The van der Waals surface area contributed by atoms with E-state index >= 15 is 0 Å². The van der Waals surface area contributed by atoms with E-state index in [4.69, 9.17) is 17.0 Å². The first-order chi connectivity index (χ1) is 14.4. The molecule has 1 saturated heterocycles. The van der Waals surface area contributed by atoms with Crippen LogP contribution in [0.15, 0.2) is 60.2 Å². The average molecular weight is 417 g/mol. The molecule has 3 aromatic carbocycles. The average Bonchev–Trinajstić information content (AvgIpc) is 2.72. The smallest absolute Gasteiger partial charge is 0.263 e. The molecule has 1 aliphatic rings. The molecule has 0 aliphatic carbocycles. The highest BCUT2D eigenvalue weighted by Gasteiger charge is 2.26. The zero-order valence-corrected chi connectivity index (χ0v) is 17.4. The molecule has 0 spiro atoms. The molecule has 1 fully saturated rings. The summed E-state index contributed by atoms with van der Waals surface area (Å²) in [5.41, 5.74) is 4.12. The van der Waals surface area contributed by atoms with E-state index < -0.39 is 11.8 Å². The molecule has 5 nitrogen and oxygen atoms in total. The number of carbonyl (C=O) groups excluding carboxylic acids is 2. The number of nitrogens with one attached hydrogen (secondary N) is 2. The number of carbonyl (C=O) groups is 2. The molecular formula is C24H20N2O3S. The molecule has 1 aliphatic heterocycles. The summed E-state index contributed by atoms with van der Waals surface area (Å²) in [6, 6.07) is 17.8. The van der Waals surface area contributed by atoms with Crippen LogP contribution < -0.4 is 15.4 Å². The zero-order chi connectivity index (χ0) is 21.3. The van der Waals surface area contributed by atoms with Crippen LogP contribution in [0.3, 0.4) is 0 Å². The van der Waals surface area contributed by atoms with Crippen molar-refractivity contribution in [2.24, 2.45) is 0 Å². The lowest BCUT2D eigenvalue weighted by molar-refractivity contribution is -0.123. The third-order valence-corrected chi connectivity index (χ3v) is 5.33. The van der Waals surface area contributed by atoms with E-state index in [1.54, 1.807) is 6.08 Å². The Kier molecular flexibility index (Phi) is 5.33. The number of thiocarbonyl (C=S) groups is 1. The van der Waals surface area contributed by atoms with Crippen molar-refractivity contribution >= 4 is 46.0 Å². The maximum absolute atomic E-state index is 12.3. The van der Waals surface area contributed by atoms with Gasteiger partial charge in [0.05, 0.1) is 0 Å². The van der Waals surface area contributed by atoms with Crippen molar-refractivity contribution in [3.63, 3.8) is 0 Å². The minimum atomic E-state index is -0.531. The monoisotopic (exact) mass is 416 g/mol. The SMILES string of the molecule is Cc1ccc(COc2ccc3ccccc3c2C=C2C(=O)NC(=S)NC2=O)cc1C. The van der Waals surface area contributed by atoms with Crippen LogP contribution in [0.5, 0.6) is 5.75 Å². The lowest BCUT2D eigenvalue weighted by Gasteiger charge is -2.18. The normalized spacial score (nSPS) is 13.8. The number of aryl methyl sites for hydroxylation is 2. The fourth-order valence-electron chi connectivity index (χ4n) is 3.36. The predicted octanol–water partition coefficient (Wildman–Crippen LogP) is 3.95. The highest BCUT2D eigenvalue weighted by atomic mass is 32.1. The molecule has 2 N–H and O–H groups in total. The van der Waals surface area contributed by atoms with Gasteiger partial charge in [0, 0.05) is 5.56 Å². The molecule has 2 amide bonds. The third-order valence-electron chi connectivity index (χ3n) is 5.13. The van der Waals surface area contributed by atoms with Crippen LogP contribution in [0, 0.1) is 13.8 Å². The number of fused-ring (bicyclic) bond motifs is 1. The lowest BCUT2D eigenvalue weighted by Crippen LogP contribution is -2.51. The van der Waals surface area contributed by atoms with Gasteiger partial charge in [0.2, 0.25) is 0 Å². The highest BCUT2D eigenvalue weighted by molar-refractivity contribution is 7.80. The molecule has 0 unspecified atom stereocenters. The van der Waals surface area contributed by atoms with Gasteiger partial charge in [-0.1, -0.05) is 48.5 Å². The Hall–Kier alpha value is -3.51. The van der Waals surface area contributed by atoms with Gasteiger partial charge < -0.3 is 4.74 Å². The van der Waals surface area contributed by atoms with Crippen molar-refractivity contribution in [1.82, 2.24) is 10.6 Å². The van der Waals surface area contributed by atoms with Crippen LogP contribution in [0.4, 0.5) is 0 Å². The fraction of sp³-hybridized carbons (Fsp3) is 0.125. The van der Waals surface area contributed by atoms with Gasteiger partial charge in [0.15, 0.2) is 5.11 Å². The van der Waals surface area contributed by atoms with Crippen molar-refractivity contribution < 1.29 is 14.3 Å². The highest BCUT2D eigenvalue weighted by Crippen LogP contribution is 2.31. The first-order valence-corrected chi connectivity index (χ1v) is 9.92. The van der Waals surface area contributed by atoms with Crippen molar-refractivity contribution in [2.45, 2.75) is 20.5 Å². The number of ether oxygens (including phenoxy) is 1. The number of hydrogen-bond donors (Lipinski definition) is 2. The Morgan fingerprint density at radius 3 is 2.40 bits per heavy atom. The second-order valence-electron chi connectivity index (χ2n) is 7.20. The quantitative estimate of drug-likeness (QED) is 0.384. The van der Waals surface area contributed by atoms with Gasteiger partial charge in [-0.2, -0.15) is 0 Å². The largest absolute Gasteiger partial charge is 0.488 e. The Morgan fingerprint density at radius 1 is 0.933 bits per heavy atom. The maximum atomic E-state index is 12.3. The predicted molar refractivity (Wildman–Crippen MR) is 121 cm³/mol. The van der Waals surface area contributed by atoms with Gasteiger partial charge in [-0.15, -0.1) is 0 Å². The summed E-state index contributed by atoms with van der Waals surface area (Å²) in [6.45, 7) is 4.51. The van der Waals surface area contributed by atoms with Crippen molar-refractivity contribution in [2.75, 3.05) is 0 Å². The van der Waals surface area contributed by atoms with E-state index in [2.05, 4.69) is 36.6 Å². The Morgan fingerprint density at radius 2 is 1.67 bits per heavy atom. The van der Waals surface area contributed by atoms with E-state index in [1.165, 1.54) is 11.1 Å². The van der Waals surface area contributed by atoms with E-state index in [0.29, 0.717) is 17.9 Å². The van der Waals surface area contributed by atoms with E-state index in [9.17, 15) is 9.59 Å². The second kappa shape index (κ2) is 8.08. The van der Waals surface area contributed by atoms with E-state index in [0.717, 1.165) is 16.3 Å². The number of rotatable bonds is 4. The van der Waals surface area contributed by atoms with Crippen LogP contribution in [0.1, 0.15) is 22.3 Å². The summed E-state index contributed by atoms with van der Waals surface area (Å²) < 4.78 is 6.13. The molecule has 0 aromatic heterocycles. The lowest BCUT2D eigenvalue weighted by atomic mass is 10.00. The van der Waals surface area contributed by atoms with Crippen molar-refractivity contribution in [3.8, 4) is 5.75 Å². The third kappa shape index (κ3) is 3.95. The molecule has 150 valence electrons. The molecule has 30 heavy (non-hydrogen) atoms. The summed E-state index contributed by atoms with van der Waals surface area (Å²) >= 11 is 4.88. The van der Waals surface area contributed by atoms with Gasteiger partial charge >= 0.3 is 0 Å². The molecule has 0 bridgehead atoms. The topological polar surface area (TPSA) is 67.4 Å². The summed E-state index contributed by atoms with van der Waals surface area (Å²) in [4.78, 5) is 24.7. The minimum absolute atomic E-state index is 0.00582. The van der Waals surface area contributed by atoms with Crippen LogP contribution in [0.25, 0.3) is 16.8 Å². The second-order valence-corrected chi connectivity index (χ2v) is 7.61. The minimum Gasteiger partial charge on any atom is -0.488 e. The van der Waals surface area contributed by atoms with Gasteiger partial charge in [0.25, 0.3) is 11.8 Å². The Bertz CT molecular complexity index is 1210. The summed E-state index contributed by atoms with van der Waals surface area (Å²) in [5.74, 6) is -0.471. The molecular weight excluding hydrogens is 396 g/mol. The number of benzene rings is 3. The molecule has 6 heteroatoms. The van der Waals surface area contributed by atoms with E-state index in [-0.39, 0.29) is 10.7 Å². The Labute approximate surface area is 179 Å². The molecule has 4 rings (SSSR count). The van der Waals surface area contributed by atoms with Crippen LogP contribution >= 0.6 is 12.2 Å². The summed E-state index contributed by atoms with van der Waals surface area (Å²) in [6.07, 6.45) is 1.56. The van der Waals surface area contributed by atoms with Gasteiger partial charge in [-0.05, 0) is 65.7 Å². The number of amides is 2. The molecule has 0 atom stereocenters. The van der Waals surface area contributed by atoms with Gasteiger partial charge in [-0.25, -0.2) is 0 Å². The summed E-state index contributed by atoms with van der Waals surface area (Å²) in [7, 11) is 0. The molecule has 1 heterocycles. The first-order valence-electron chi connectivity index (χ1n) is 9.51.